The average molecular weight is 166 g/mol. The van der Waals surface area contributed by atoms with Crippen molar-refractivity contribution in [3.05, 3.63) is 0 Å². The van der Waals surface area contributed by atoms with E-state index in [1.165, 1.54) is 19.3 Å². The summed E-state index contributed by atoms with van der Waals surface area (Å²) < 4.78 is 5.33. The second-order valence-electron chi connectivity index (χ2n) is 4.37. The highest BCUT2D eigenvalue weighted by Crippen LogP contribution is 2.44. The third kappa shape index (κ3) is 0.875. The van der Waals surface area contributed by atoms with Crippen LogP contribution in [0.3, 0.4) is 0 Å². The third-order valence-corrected chi connectivity index (χ3v) is 3.71. The zero-order valence-corrected chi connectivity index (χ0v) is 7.16. The molecule has 4 unspecified atom stereocenters. The van der Waals surface area contributed by atoms with Crippen LogP contribution < -0.4 is 0 Å². The highest BCUT2D eigenvalue weighted by Gasteiger charge is 2.52. The van der Waals surface area contributed by atoms with E-state index in [1.807, 2.05) is 0 Å². The quantitative estimate of drug-likeness (QED) is 0.511. The largest absolute Gasteiger partial charge is 0.361 e. The molecule has 3 aliphatic rings. The van der Waals surface area contributed by atoms with Crippen molar-refractivity contribution in [2.75, 3.05) is 0 Å². The van der Waals surface area contributed by atoms with E-state index in [1.54, 1.807) is 0 Å². The number of rotatable bonds is 0. The molecule has 0 amide bonds. The molecule has 2 saturated carbocycles. The van der Waals surface area contributed by atoms with Gasteiger partial charge in [-0.1, -0.05) is 6.42 Å². The van der Waals surface area contributed by atoms with Crippen LogP contribution in [0.15, 0.2) is 0 Å². The van der Waals surface area contributed by atoms with Crippen molar-refractivity contribution < 1.29 is 9.53 Å². The molecule has 2 heteroatoms. The SMILES string of the molecule is O=C1C2CCCC2CCC2OC12. The summed E-state index contributed by atoms with van der Waals surface area (Å²) >= 11 is 0. The van der Waals surface area contributed by atoms with Gasteiger partial charge in [0.05, 0.1) is 6.10 Å². The first-order valence-electron chi connectivity index (χ1n) is 5.05. The first-order valence-corrected chi connectivity index (χ1v) is 5.05. The number of fused-ring (bicyclic) bond motifs is 2. The molecule has 0 aromatic heterocycles. The van der Waals surface area contributed by atoms with Crippen molar-refractivity contribution in [1.82, 2.24) is 0 Å². The van der Waals surface area contributed by atoms with Gasteiger partial charge < -0.3 is 4.74 Å². The average Bonchev–Trinajstić information content (AvgIpc) is 2.72. The van der Waals surface area contributed by atoms with Gasteiger partial charge in [-0.15, -0.1) is 0 Å². The Kier molecular flexibility index (Phi) is 1.37. The number of hydrogen-bond acceptors (Lipinski definition) is 2. The normalized spacial score (nSPS) is 51.2. The molecule has 0 aromatic carbocycles. The van der Waals surface area contributed by atoms with Gasteiger partial charge in [0.15, 0.2) is 5.78 Å². The smallest absolute Gasteiger partial charge is 0.167 e. The van der Waals surface area contributed by atoms with Crippen molar-refractivity contribution in [3.8, 4) is 0 Å². The summed E-state index contributed by atoms with van der Waals surface area (Å²) in [4.78, 5) is 11.7. The molecular weight excluding hydrogens is 152 g/mol. The van der Waals surface area contributed by atoms with E-state index >= 15 is 0 Å². The maximum Gasteiger partial charge on any atom is 0.167 e. The molecule has 0 aromatic rings. The first kappa shape index (κ1) is 7.07. The molecule has 66 valence electrons. The lowest BCUT2D eigenvalue weighted by atomic mass is 9.90. The van der Waals surface area contributed by atoms with Gasteiger partial charge in [0, 0.05) is 5.92 Å². The molecule has 0 bridgehead atoms. The third-order valence-electron chi connectivity index (χ3n) is 3.71. The van der Waals surface area contributed by atoms with Crippen LogP contribution in [-0.4, -0.2) is 18.0 Å². The summed E-state index contributed by atoms with van der Waals surface area (Å²) in [6, 6.07) is 0. The standard InChI is InChI=1S/C10H14O2/c11-9-7-3-1-2-6(7)4-5-8-10(9)12-8/h6-8,10H,1-5H2. The van der Waals surface area contributed by atoms with Crippen LogP contribution in [0.4, 0.5) is 0 Å². The van der Waals surface area contributed by atoms with E-state index in [0.717, 1.165) is 12.8 Å². The van der Waals surface area contributed by atoms with Gasteiger partial charge in [0.25, 0.3) is 0 Å². The van der Waals surface area contributed by atoms with Crippen LogP contribution >= 0.6 is 0 Å². The minimum Gasteiger partial charge on any atom is -0.361 e. The summed E-state index contributed by atoms with van der Waals surface area (Å²) in [6.07, 6.45) is 6.40. The minimum absolute atomic E-state index is 0.0260. The number of hydrogen-bond donors (Lipinski definition) is 0. The zero-order valence-electron chi connectivity index (χ0n) is 7.16. The molecule has 3 rings (SSSR count). The van der Waals surface area contributed by atoms with Crippen molar-refractivity contribution in [2.45, 2.75) is 44.3 Å². The van der Waals surface area contributed by atoms with Gasteiger partial charge in [-0.05, 0) is 31.6 Å². The Hall–Kier alpha value is -0.370. The number of carbonyl (C=O) groups is 1. The van der Waals surface area contributed by atoms with Crippen molar-refractivity contribution in [2.24, 2.45) is 11.8 Å². The van der Waals surface area contributed by atoms with Crippen molar-refractivity contribution >= 4 is 5.78 Å². The van der Waals surface area contributed by atoms with E-state index in [-0.39, 0.29) is 6.10 Å². The topological polar surface area (TPSA) is 29.6 Å². The number of carbonyl (C=O) groups excluding carboxylic acids is 1. The Bertz CT molecular complexity index is 224. The van der Waals surface area contributed by atoms with Crippen LogP contribution in [0.25, 0.3) is 0 Å². The second kappa shape index (κ2) is 2.32. The Morgan fingerprint density at radius 2 is 2.08 bits per heavy atom. The summed E-state index contributed by atoms with van der Waals surface area (Å²) in [7, 11) is 0. The summed E-state index contributed by atoms with van der Waals surface area (Å²) in [5, 5.41) is 0. The molecule has 3 fully saturated rings. The molecule has 2 aliphatic carbocycles. The van der Waals surface area contributed by atoms with Gasteiger partial charge in [-0.2, -0.15) is 0 Å². The Balaban J connectivity index is 1.85. The Morgan fingerprint density at radius 3 is 3.00 bits per heavy atom. The Morgan fingerprint density at radius 1 is 1.17 bits per heavy atom. The van der Waals surface area contributed by atoms with E-state index in [9.17, 15) is 4.79 Å². The Labute approximate surface area is 72.3 Å². The summed E-state index contributed by atoms with van der Waals surface area (Å²) in [5.74, 6) is 1.52. The summed E-state index contributed by atoms with van der Waals surface area (Å²) in [6.45, 7) is 0. The maximum atomic E-state index is 11.7. The number of ketones is 1. The molecule has 1 saturated heterocycles. The lowest BCUT2D eigenvalue weighted by molar-refractivity contribution is -0.125. The van der Waals surface area contributed by atoms with Gasteiger partial charge in [-0.25, -0.2) is 0 Å². The monoisotopic (exact) mass is 166 g/mol. The molecular formula is C10H14O2. The van der Waals surface area contributed by atoms with Crippen LogP contribution in [0.1, 0.15) is 32.1 Å². The van der Waals surface area contributed by atoms with Gasteiger partial charge in [0.2, 0.25) is 0 Å². The van der Waals surface area contributed by atoms with Gasteiger partial charge in [-0.3, -0.25) is 4.79 Å². The van der Waals surface area contributed by atoms with E-state index in [4.69, 9.17) is 4.74 Å². The molecule has 0 radical (unpaired) electrons. The molecule has 0 N–H and O–H groups in total. The van der Waals surface area contributed by atoms with Crippen LogP contribution in [-0.2, 0) is 9.53 Å². The molecule has 2 nitrogen and oxygen atoms in total. The van der Waals surface area contributed by atoms with Gasteiger partial charge in [0.1, 0.15) is 6.10 Å². The van der Waals surface area contributed by atoms with E-state index < -0.39 is 0 Å². The number of ether oxygens (including phenoxy) is 1. The molecule has 4 atom stereocenters. The fourth-order valence-electron chi connectivity index (χ4n) is 2.96. The van der Waals surface area contributed by atoms with E-state index in [2.05, 4.69) is 0 Å². The van der Waals surface area contributed by atoms with Crippen molar-refractivity contribution in [3.63, 3.8) is 0 Å². The molecule has 0 spiro atoms. The first-order chi connectivity index (χ1) is 5.86. The number of epoxide rings is 1. The highest BCUT2D eigenvalue weighted by molar-refractivity contribution is 5.88. The van der Waals surface area contributed by atoms with Crippen LogP contribution in [0, 0.1) is 11.8 Å². The predicted molar refractivity (Wildman–Crippen MR) is 43.7 cm³/mol. The predicted octanol–water partition coefficient (Wildman–Crippen LogP) is 1.53. The van der Waals surface area contributed by atoms with E-state index in [0.29, 0.717) is 23.7 Å². The lowest BCUT2D eigenvalue weighted by Crippen LogP contribution is -2.21. The maximum absolute atomic E-state index is 11.7. The molecule has 1 aliphatic heterocycles. The zero-order chi connectivity index (χ0) is 8.13. The van der Waals surface area contributed by atoms with Gasteiger partial charge >= 0.3 is 0 Å². The van der Waals surface area contributed by atoms with Crippen LogP contribution in [0.5, 0.6) is 0 Å². The fraction of sp³-hybridized carbons (Fsp3) is 0.900. The van der Waals surface area contributed by atoms with Crippen molar-refractivity contribution in [1.29, 1.82) is 0 Å². The highest BCUT2D eigenvalue weighted by atomic mass is 16.6. The second-order valence-corrected chi connectivity index (χ2v) is 4.37. The number of Topliss-reactive ketones (excluding diaryl/α,β-unsaturated/α-hetero) is 1. The minimum atomic E-state index is 0.0260. The molecule has 1 heterocycles. The molecule has 12 heavy (non-hydrogen) atoms. The van der Waals surface area contributed by atoms with Crippen LogP contribution in [0.2, 0.25) is 0 Å². The fourth-order valence-corrected chi connectivity index (χ4v) is 2.96. The lowest BCUT2D eigenvalue weighted by Gasteiger charge is -2.14. The summed E-state index contributed by atoms with van der Waals surface area (Å²) in [5.41, 5.74) is 0.